The van der Waals surface area contributed by atoms with Crippen LogP contribution in [0.3, 0.4) is 0 Å². The minimum absolute atomic E-state index is 0.268. The van der Waals surface area contributed by atoms with Gasteiger partial charge in [-0.2, -0.15) is 5.10 Å². The van der Waals surface area contributed by atoms with E-state index in [1.807, 2.05) is 31.2 Å². The standard InChI is InChI=1S/C30H33N3O5S/c1-5-37-30(36)26-24-15-8-19(3)16-25(24)39-29(26)32-28(35)22-11-13-23(14-12-22)38-20(4)27(34)33-31-17-21-9-6-18(2)7-10-21/h6-7,9-14,17,19-20H,5,8,15-16H2,1-4H3,(H,32,35)(H,33,34)/b31-17-/t19-,20+/m1/s1. The summed E-state index contributed by atoms with van der Waals surface area (Å²) < 4.78 is 11.0. The molecule has 2 N–H and O–H groups in total. The highest BCUT2D eigenvalue weighted by molar-refractivity contribution is 7.17. The minimum Gasteiger partial charge on any atom is -0.481 e. The minimum atomic E-state index is -0.799. The molecule has 1 aromatic heterocycles. The van der Waals surface area contributed by atoms with Crippen molar-refractivity contribution in [3.05, 3.63) is 81.2 Å². The molecule has 1 aliphatic carbocycles. The van der Waals surface area contributed by atoms with Crippen molar-refractivity contribution < 1.29 is 23.9 Å². The number of fused-ring (bicyclic) bond motifs is 1. The smallest absolute Gasteiger partial charge is 0.341 e. The van der Waals surface area contributed by atoms with E-state index in [0.29, 0.717) is 27.8 Å². The number of hydrogen-bond donors (Lipinski definition) is 2. The van der Waals surface area contributed by atoms with E-state index < -0.39 is 18.0 Å². The van der Waals surface area contributed by atoms with E-state index in [2.05, 4.69) is 22.8 Å². The summed E-state index contributed by atoms with van der Waals surface area (Å²) >= 11 is 1.45. The lowest BCUT2D eigenvalue weighted by molar-refractivity contribution is -0.127. The number of carbonyl (C=O) groups is 3. The maximum atomic E-state index is 13.0. The number of esters is 1. The molecule has 204 valence electrons. The van der Waals surface area contributed by atoms with Crippen LogP contribution in [0.1, 0.15) is 69.5 Å². The van der Waals surface area contributed by atoms with Gasteiger partial charge in [0.15, 0.2) is 6.10 Å². The third-order valence-corrected chi connectivity index (χ3v) is 7.65. The van der Waals surface area contributed by atoms with Gasteiger partial charge in [-0.15, -0.1) is 11.3 Å². The van der Waals surface area contributed by atoms with Gasteiger partial charge in [-0.3, -0.25) is 9.59 Å². The van der Waals surface area contributed by atoms with Crippen molar-refractivity contribution in [1.82, 2.24) is 5.43 Å². The summed E-state index contributed by atoms with van der Waals surface area (Å²) in [4.78, 5) is 39.3. The maximum Gasteiger partial charge on any atom is 0.341 e. The van der Waals surface area contributed by atoms with Crippen molar-refractivity contribution in [3.63, 3.8) is 0 Å². The van der Waals surface area contributed by atoms with Gasteiger partial charge in [0.1, 0.15) is 10.8 Å². The van der Waals surface area contributed by atoms with Crippen LogP contribution in [-0.2, 0) is 22.4 Å². The number of amides is 2. The Balaban J connectivity index is 1.37. The Bertz CT molecular complexity index is 1360. The molecule has 0 bridgehead atoms. The lowest BCUT2D eigenvalue weighted by Gasteiger charge is -2.18. The van der Waals surface area contributed by atoms with Crippen LogP contribution < -0.4 is 15.5 Å². The number of benzene rings is 2. The second-order valence-corrected chi connectivity index (χ2v) is 10.8. The molecule has 0 fully saturated rings. The molecule has 2 aromatic carbocycles. The van der Waals surface area contributed by atoms with Gasteiger partial charge in [0, 0.05) is 10.4 Å². The maximum absolute atomic E-state index is 13.0. The highest BCUT2D eigenvalue weighted by Gasteiger charge is 2.29. The quantitative estimate of drug-likeness (QED) is 0.208. The molecule has 1 heterocycles. The molecule has 3 aromatic rings. The fraction of sp³-hybridized carbons (Fsp3) is 0.333. The van der Waals surface area contributed by atoms with E-state index in [1.165, 1.54) is 11.3 Å². The summed E-state index contributed by atoms with van der Waals surface area (Å²) in [5.41, 5.74) is 6.35. The fourth-order valence-corrected chi connectivity index (χ4v) is 5.68. The van der Waals surface area contributed by atoms with Crippen LogP contribution in [0.4, 0.5) is 5.00 Å². The van der Waals surface area contributed by atoms with Crippen molar-refractivity contribution in [2.24, 2.45) is 11.0 Å². The van der Waals surface area contributed by atoms with Gasteiger partial charge >= 0.3 is 5.97 Å². The number of hydrazone groups is 1. The molecule has 1 aliphatic rings. The highest BCUT2D eigenvalue weighted by Crippen LogP contribution is 2.40. The molecule has 39 heavy (non-hydrogen) atoms. The first-order chi connectivity index (χ1) is 18.7. The fourth-order valence-electron chi connectivity index (χ4n) is 4.29. The lowest BCUT2D eigenvalue weighted by atomic mass is 9.88. The van der Waals surface area contributed by atoms with Crippen molar-refractivity contribution in [2.75, 3.05) is 11.9 Å². The average Bonchev–Trinajstić information content (AvgIpc) is 3.27. The number of aryl methyl sites for hydroxylation is 1. The summed E-state index contributed by atoms with van der Waals surface area (Å²) in [5.74, 6) is -0.173. The van der Waals surface area contributed by atoms with Gasteiger partial charge in [0.05, 0.1) is 18.4 Å². The number of hydrogen-bond acceptors (Lipinski definition) is 7. The zero-order valence-corrected chi connectivity index (χ0v) is 23.4. The average molecular weight is 548 g/mol. The van der Waals surface area contributed by atoms with Crippen LogP contribution in [0.15, 0.2) is 53.6 Å². The highest BCUT2D eigenvalue weighted by atomic mass is 32.1. The molecule has 8 nitrogen and oxygen atoms in total. The van der Waals surface area contributed by atoms with E-state index in [1.54, 1.807) is 44.3 Å². The third kappa shape index (κ3) is 7.11. The second-order valence-electron chi connectivity index (χ2n) is 9.66. The molecular formula is C30H33N3O5S. The number of thiophene rings is 1. The first kappa shape index (κ1) is 28.0. The van der Waals surface area contributed by atoms with Crippen LogP contribution in [0, 0.1) is 12.8 Å². The van der Waals surface area contributed by atoms with E-state index in [0.717, 1.165) is 40.8 Å². The molecular weight excluding hydrogens is 514 g/mol. The van der Waals surface area contributed by atoms with Gasteiger partial charge in [-0.25, -0.2) is 10.2 Å². The Morgan fingerprint density at radius 3 is 2.54 bits per heavy atom. The van der Waals surface area contributed by atoms with E-state index in [9.17, 15) is 14.4 Å². The van der Waals surface area contributed by atoms with E-state index in [4.69, 9.17) is 9.47 Å². The van der Waals surface area contributed by atoms with Gasteiger partial charge < -0.3 is 14.8 Å². The largest absolute Gasteiger partial charge is 0.481 e. The number of rotatable bonds is 9. The van der Waals surface area contributed by atoms with Gasteiger partial charge in [-0.05, 0) is 81.3 Å². The van der Waals surface area contributed by atoms with Crippen molar-refractivity contribution in [1.29, 1.82) is 0 Å². The molecule has 0 unspecified atom stereocenters. The van der Waals surface area contributed by atoms with E-state index in [-0.39, 0.29) is 12.5 Å². The summed E-state index contributed by atoms with van der Waals surface area (Å²) in [6.45, 7) is 7.85. The molecule has 0 saturated heterocycles. The summed E-state index contributed by atoms with van der Waals surface area (Å²) in [6, 6.07) is 14.2. The van der Waals surface area contributed by atoms with Crippen LogP contribution in [-0.4, -0.2) is 36.7 Å². The molecule has 2 atom stereocenters. The Morgan fingerprint density at radius 1 is 1.13 bits per heavy atom. The Labute approximate surface area is 232 Å². The normalized spacial score (nSPS) is 15.3. The molecule has 0 saturated carbocycles. The first-order valence-electron chi connectivity index (χ1n) is 13.0. The van der Waals surface area contributed by atoms with Crippen molar-refractivity contribution in [3.8, 4) is 5.75 Å². The topological polar surface area (TPSA) is 106 Å². The van der Waals surface area contributed by atoms with Gasteiger partial charge in [-0.1, -0.05) is 36.8 Å². The Kier molecular flexibility index (Phi) is 9.14. The summed E-state index contributed by atoms with van der Waals surface area (Å²) in [5, 5.41) is 7.42. The lowest BCUT2D eigenvalue weighted by Crippen LogP contribution is -2.33. The molecule has 2 amide bonds. The number of anilines is 1. The van der Waals surface area contributed by atoms with Gasteiger partial charge in [0.25, 0.3) is 11.8 Å². The van der Waals surface area contributed by atoms with Crippen molar-refractivity contribution in [2.45, 2.75) is 53.1 Å². The zero-order chi connectivity index (χ0) is 27.9. The van der Waals surface area contributed by atoms with Crippen LogP contribution >= 0.6 is 11.3 Å². The second kappa shape index (κ2) is 12.7. The van der Waals surface area contributed by atoms with Gasteiger partial charge in [0.2, 0.25) is 0 Å². The summed E-state index contributed by atoms with van der Waals surface area (Å²) in [6.07, 6.45) is 3.45. The predicted molar refractivity (Wildman–Crippen MR) is 153 cm³/mol. The van der Waals surface area contributed by atoms with Crippen LogP contribution in [0.5, 0.6) is 5.75 Å². The Morgan fingerprint density at radius 2 is 1.85 bits per heavy atom. The van der Waals surface area contributed by atoms with Crippen LogP contribution in [0.2, 0.25) is 0 Å². The molecule has 0 spiro atoms. The predicted octanol–water partition coefficient (Wildman–Crippen LogP) is 5.53. The first-order valence-corrected chi connectivity index (χ1v) is 13.9. The number of ether oxygens (including phenoxy) is 2. The van der Waals surface area contributed by atoms with Crippen molar-refractivity contribution >= 4 is 40.3 Å². The van der Waals surface area contributed by atoms with E-state index >= 15 is 0 Å². The zero-order valence-electron chi connectivity index (χ0n) is 22.6. The third-order valence-electron chi connectivity index (χ3n) is 6.48. The molecule has 4 rings (SSSR count). The SMILES string of the molecule is CCOC(=O)c1c(NC(=O)c2ccc(O[C@@H](C)C(=O)N/N=C\c3ccc(C)cc3)cc2)sc2c1CC[C@@H](C)C2. The number of carbonyl (C=O) groups excluding carboxylic acids is 3. The molecule has 9 heteroatoms. The summed E-state index contributed by atoms with van der Waals surface area (Å²) in [7, 11) is 0. The van der Waals surface area contributed by atoms with Crippen LogP contribution in [0.25, 0.3) is 0 Å². The Hall–Kier alpha value is -3.98. The molecule has 0 radical (unpaired) electrons. The number of nitrogens with one attached hydrogen (secondary N) is 2. The monoisotopic (exact) mass is 547 g/mol. The number of nitrogens with zero attached hydrogens (tertiary/aromatic N) is 1. The molecule has 0 aliphatic heterocycles.